The maximum absolute atomic E-state index is 3.49. The summed E-state index contributed by atoms with van der Waals surface area (Å²) in [4.78, 5) is 2.58. The van der Waals surface area contributed by atoms with Crippen LogP contribution in [0.25, 0.3) is 0 Å². The Hall–Kier alpha value is -0.860. The number of rotatable bonds is 9. The van der Waals surface area contributed by atoms with Crippen molar-refractivity contribution in [3.63, 3.8) is 0 Å². The van der Waals surface area contributed by atoms with E-state index in [0.717, 1.165) is 13.1 Å². The van der Waals surface area contributed by atoms with Gasteiger partial charge in [0, 0.05) is 25.2 Å². The monoisotopic (exact) mass is 290 g/mol. The van der Waals surface area contributed by atoms with Crippen LogP contribution in [0.5, 0.6) is 0 Å². The molecule has 0 amide bonds. The van der Waals surface area contributed by atoms with Gasteiger partial charge in [0.2, 0.25) is 0 Å². The summed E-state index contributed by atoms with van der Waals surface area (Å²) in [6, 6.07) is 10.1. The molecule has 0 fully saturated rings. The highest BCUT2D eigenvalue weighted by Gasteiger charge is 2.17. The van der Waals surface area contributed by atoms with Crippen molar-refractivity contribution in [1.82, 2.24) is 10.2 Å². The smallest absolute Gasteiger partial charge is 0.0446 e. The number of likely N-dealkylation sites (N-methyl/N-ethyl adjacent to an activating group) is 1. The van der Waals surface area contributed by atoms with E-state index in [-0.39, 0.29) is 0 Å². The van der Waals surface area contributed by atoms with Gasteiger partial charge in [-0.1, -0.05) is 51.5 Å². The Morgan fingerprint density at radius 2 is 1.62 bits per heavy atom. The second kappa shape index (κ2) is 9.22. The van der Waals surface area contributed by atoms with Crippen molar-refractivity contribution in [3.8, 4) is 0 Å². The lowest BCUT2D eigenvalue weighted by Gasteiger charge is -2.32. The van der Waals surface area contributed by atoms with Crippen molar-refractivity contribution in [2.24, 2.45) is 5.92 Å². The Labute approximate surface area is 131 Å². The highest BCUT2D eigenvalue weighted by atomic mass is 15.2. The highest BCUT2D eigenvalue weighted by Crippen LogP contribution is 2.18. The van der Waals surface area contributed by atoms with Crippen LogP contribution in [0.3, 0.4) is 0 Å². The molecule has 21 heavy (non-hydrogen) atoms. The molecule has 0 bridgehead atoms. The van der Waals surface area contributed by atoms with Crippen LogP contribution in [0, 0.1) is 5.92 Å². The first-order valence-electron chi connectivity index (χ1n) is 8.48. The lowest BCUT2D eigenvalue weighted by molar-refractivity contribution is 0.179. The Morgan fingerprint density at radius 3 is 2.05 bits per heavy atom. The molecule has 0 heterocycles. The van der Waals surface area contributed by atoms with Gasteiger partial charge in [-0.15, -0.1) is 0 Å². The van der Waals surface area contributed by atoms with Gasteiger partial charge in [-0.05, 0) is 44.4 Å². The second-order valence-corrected chi connectivity index (χ2v) is 6.77. The van der Waals surface area contributed by atoms with Crippen LogP contribution in [0.4, 0.5) is 0 Å². The number of benzene rings is 1. The van der Waals surface area contributed by atoms with Gasteiger partial charge in [-0.3, -0.25) is 4.90 Å². The van der Waals surface area contributed by atoms with E-state index in [1.54, 1.807) is 0 Å². The van der Waals surface area contributed by atoms with E-state index in [0.29, 0.717) is 18.0 Å². The Morgan fingerprint density at radius 1 is 1.00 bits per heavy atom. The summed E-state index contributed by atoms with van der Waals surface area (Å²) in [5, 5.41) is 3.49. The topological polar surface area (TPSA) is 15.3 Å². The van der Waals surface area contributed by atoms with E-state index < -0.39 is 0 Å². The quantitative estimate of drug-likeness (QED) is 0.731. The first-order chi connectivity index (χ1) is 9.97. The SMILES string of the molecule is CCCc1ccc(C(CN(CC(C)C)C(C)C)NC)cc1. The lowest BCUT2D eigenvalue weighted by atomic mass is 10.0. The van der Waals surface area contributed by atoms with Gasteiger partial charge in [-0.25, -0.2) is 0 Å². The van der Waals surface area contributed by atoms with Crippen LogP contribution in [0.15, 0.2) is 24.3 Å². The highest BCUT2D eigenvalue weighted by molar-refractivity contribution is 5.25. The van der Waals surface area contributed by atoms with Crippen LogP contribution < -0.4 is 5.32 Å². The summed E-state index contributed by atoms with van der Waals surface area (Å²) < 4.78 is 0. The van der Waals surface area contributed by atoms with Crippen molar-refractivity contribution >= 4 is 0 Å². The van der Waals surface area contributed by atoms with Crippen LogP contribution in [0.1, 0.15) is 58.2 Å². The van der Waals surface area contributed by atoms with Crippen molar-refractivity contribution < 1.29 is 0 Å². The van der Waals surface area contributed by atoms with Crippen LogP contribution >= 0.6 is 0 Å². The molecule has 0 aromatic heterocycles. The minimum Gasteiger partial charge on any atom is -0.312 e. The van der Waals surface area contributed by atoms with E-state index >= 15 is 0 Å². The van der Waals surface area contributed by atoms with Gasteiger partial charge < -0.3 is 5.32 Å². The fourth-order valence-electron chi connectivity index (χ4n) is 2.77. The first-order valence-corrected chi connectivity index (χ1v) is 8.48. The van der Waals surface area contributed by atoms with Crippen molar-refractivity contribution in [3.05, 3.63) is 35.4 Å². The minimum absolute atomic E-state index is 0.404. The molecule has 1 N–H and O–H groups in total. The molecular formula is C19H34N2. The summed E-state index contributed by atoms with van der Waals surface area (Å²) in [7, 11) is 2.07. The molecule has 1 aromatic rings. The standard InChI is InChI=1S/C19H34N2/c1-7-8-17-9-11-18(12-10-17)19(20-6)14-21(16(4)5)13-15(2)3/h9-12,15-16,19-20H,7-8,13-14H2,1-6H3. The summed E-state index contributed by atoms with van der Waals surface area (Å²) in [6.07, 6.45) is 2.39. The number of nitrogens with zero attached hydrogens (tertiary/aromatic N) is 1. The van der Waals surface area contributed by atoms with E-state index in [1.807, 2.05) is 0 Å². The zero-order valence-corrected chi connectivity index (χ0v) is 14.8. The molecule has 1 rings (SSSR count). The Bertz CT molecular complexity index is 381. The molecule has 0 aliphatic rings. The van der Waals surface area contributed by atoms with Crippen LogP contribution in [-0.2, 0) is 6.42 Å². The molecule has 1 aromatic carbocycles. The molecule has 0 saturated heterocycles. The largest absolute Gasteiger partial charge is 0.312 e. The van der Waals surface area contributed by atoms with Crippen molar-refractivity contribution in [1.29, 1.82) is 0 Å². The van der Waals surface area contributed by atoms with Gasteiger partial charge in [0.1, 0.15) is 0 Å². The van der Waals surface area contributed by atoms with Gasteiger partial charge in [0.15, 0.2) is 0 Å². The molecule has 2 nitrogen and oxygen atoms in total. The molecule has 0 aliphatic carbocycles. The van der Waals surface area contributed by atoms with E-state index in [2.05, 4.69) is 76.1 Å². The first kappa shape index (κ1) is 18.2. The molecule has 2 heteroatoms. The zero-order chi connectivity index (χ0) is 15.8. The molecular weight excluding hydrogens is 256 g/mol. The molecule has 120 valence electrons. The van der Waals surface area contributed by atoms with E-state index in [4.69, 9.17) is 0 Å². The second-order valence-electron chi connectivity index (χ2n) is 6.77. The summed E-state index contributed by atoms with van der Waals surface area (Å²) >= 11 is 0. The maximum Gasteiger partial charge on any atom is 0.0446 e. The third kappa shape index (κ3) is 6.19. The lowest BCUT2D eigenvalue weighted by Crippen LogP contribution is -2.40. The van der Waals surface area contributed by atoms with Gasteiger partial charge in [0.05, 0.1) is 0 Å². The predicted octanol–water partition coefficient (Wildman–Crippen LogP) is 4.27. The van der Waals surface area contributed by atoms with Gasteiger partial charge >= 0.3 is 0 Å². The minimum atomic E-state index is 0.404. The van der Waals surface area contributed by atoms with Gasteiger partial charge in [0.25, 0.3) is 0 Å². The fraction of sp³-hybridized carbons (Fsp3) is 0.684. The molecule has 0 spiro atoms. The number of hydrogen-bond donors (Lipinski definition) is 1. The molecule has 0 aliphatic heterocycles. The fourth-order valence-corrected chi connectivity index (χ4v) is 2.77. The number of aryl methyl sites for hydroxylation is 1. The average Bonchev–Trinajstić information content (AvgIpc) is 2.44. The Kier molecular flexibility index (Phi) is 7.98. The normalized spacial score (nSPS) is 13.4. The summed E-state index contributed by atoms with van der Waals surface area (Å²) in [6.45, 7) is 13.6. The van der Waals surface area contributed by atoms with Crippen molar-refractivity contribution in [2.75, 3.05) is 20.1 Å². The van der Waals surface area contributed by atoms with Crippen LogP contribution in [0.2, 0.25) is 0 Å². The van der Waals surface area contributed by atoms with Crippen molar-refractivity contribution in [2.45, 2.75) is 59.5 Å². The number of nitrogens with one attached hydrogen (secondary N) is 1. The third-order valence-electron chi connectivity index (χ3n) is 4.02. The predicted molar refractivity (Wildman–Crippen MR) is 93.8 cm³/mol. The zero-order valence-electron chi connectivity index (χ0n) is 14.8. The van der Waals surface area contributed by atoms with Gasteiger partial charge in [-0.2, -0.15) is 0 Å². The molecule has 0 saturated carbocycles. The third-order valence-corrected chi connectivity index (χ3v) is 4.02. The van der Waals surface area contributed by atoms with Crippen LogP contribution in [-0.4, -0.2) is 31.1 Å². The molecule has 1 atom stereocenters. The average molecular weight is 290 g/mol. The van der Waals surface area contributed by atoms with E-state index in [9.17, 15) is 0 Å². The summed E-state index contributed by atoms with van der Waals surface area (Å²) in [5.41, 5.74) is 2.84. The van der Waals surface area contributed by atoms with E-state index in [1.165, 1.54) is 24.0 Å². The molecule has 1 unspecified atom stereocenters. The Balaban J connectivity index is 2.76. The maximum atomic E-state index is 3.49. The summed E-state index contributed by atoms with van der Waals surface area (Å²) in [5.74, 6) is 0.705. The molecule has 0 radical (unpaired) electrons. The number of hydrogen-bond acceptors (Lipinski definition) is 2.